The molecule has 0 aliphatic heterocycles. The number of anilines is 2. The Kier molecular flexibility index (Phi) is 6.29. The minimum absolute atomic E-state index is 0.0357. The number of benzene rings is 1. The van der Waals surface area contributed by atoms with Gasteiger partial charge in [-0.15, -0.1) is 10.2 Å². The van der Waals surface area contributed by atoms with Crippen LogP contribution in [0.1, 0.15) is 21.9 Å². The Labute approximate surface area is 205 Å². The SMILES string of the molecule is Cc1cc(C(F)(F)F)n2nc(C(=O)Nc3ccc(S(=O)(=O)Nc4ccc(Cl)nn4)cc3)c(Cl)c2n1. The summed E-state index contributed by atoms with van der Waals surface area (Å²) in [5.74, 6) is -0.980. The van der Waals surface area contributed by atoms with E-state index in [2.05, 4.69) is 30.3 Å². The van der Waals surface area contributed by atoms with Crippen molar-refractivity contribution < 1.29 is 26.4 Å². The first kappa shape index (κ1) is 24.6. The van der Waals surface area contributed by atoms with Gasteiger partial charge in [-0.3, -0.25) is 9.52 Å². The van der Waals surface area contributed by atoms with Gasteiger partial charge in [0.15, 0.2) is 22.3 Å². The number of fused-ring (bicyclic) bond motifs is 1. The summed E-state index contributed by atoms with van der Waals surface area (Å²) in [7, 11) is -4.03. The second-order valence-corrected chi connectivity index (χ2v) is 9.45. The Morgan fingerprint density at radius 1 is 1.06 bits per heavy atom. The van der Waals surface area contributed by atoms with Crippen molar-refractivity contribution in [3.63, 3.8) is 0 Å². The van der Waals surface area contributed by atoms with Crippen molar-refractivity contribution in [2.75, 3.05) is 10.0 Å². The highest BCUT2D eigenvalue weighted by molar-refractivity contribution is 7.92. The largest absolute Gasteiger partial charge is 0.433 e. The van der Waals surface area contributed by atoms with Crippen molar-refractivity contribution in [1.82, 2.24) is 24.8 Å². The van der Waals surface area contributed by atoms with Crippen LogP contribution in [0.5, 0.6) is 0 Å². The zero-order valence-corrected chi connectivity index (χ0v) is 19.6. The molecule has 0 aliphatic carbocycles. The molecule has 4 rings (SSSR count). The van der Waals surface area contributed by atoms with E-state index in [0.717, 1.165) is 6.07 Å². The molecule has 0 saturated carbocycles. The molecule has 0 bridgehead atoms. The Morgan fingerprint density at radius 2 is 1.74 bits per heavy atom. The van der Waals surface area contributed by atoms with E-state index >= 15 is 0 Å². The van der Waals surface area contributed by atoms with E-state index in [-0.39, 0.29) is 37.9 Å². The van der Waals surface area contributed by atoms with Gasteiger partial charge in [-0.1, -0.05) is 23.2 Å². The third kappa shape index (κ3) is 5.13. The summed E-state index contributed by atoms with van der Waals surface area (Å²) in [6.45, 7) is 1.35. The molecular weight excluding hydrogens is 534 g/mol. The highest BCUT2D eigenvalue weighted by atomic mass is 35.5. The fraction of sp³-hybridized carbons (Fsp3) is 0.105. The van der Waals surface area contributed by atoms with E-state index in [1.807, 2.05) is 0 Å². The fourth-order valence-corrected chi connectivity index (χ4v) is 4.28. The van der Waals surface area contributed by atoms with Crippen LogP contribution in [0.15, 0.2) is 47.4 Å². The predicted molar refractivity (Wildman–Crippen MR) is 120 cm³/mol. The van der Waals surface area contributed by atoms with Crippen LogP contribution < -0.4 is 10.0 Å². The van der Waals surface area contributed by atoms with Crippen LogP contribution in [0.25, 0.3) is 5.65 Å². The van der Waals surface area contributed by atoms with Crippen molar-refractivity contribution in [2.24, 2.45) is 0 Å². The summed E-state index contributed by atoms with van der Waals surface area (Å²) >= 11 is 11.7. The first-order valence-corrected chi connectivity index (χ1v) is 11.7. The summed E-state index contributed by atoms with van der Waals surface area (Å²) in [5.41, 5.74) is -1.80. The van der Waals surface area contributed by atoms with Crippen molar-refractivity contribution in [3.8, 4) is 0 Å². The number of carbonyl (C=O) groups excluding carboxylic acids is 1. The van der Waals surface area contributed by atoms with E-state index in [1.165, 1.54) is 43.3 Å². The Balaban J connectivity index is 1.57. The molecule has 4 aromatic rings. The third-order valence-corrected chi connectivity index (χ3v) is 6.38. The van der Waals surface area contributed by atoms with Crippen LogP contribution in [0, 0.1) is 6.92 Å². The molecule has 0 spiro atoms. The zero-order valence-electron chi connectivity index (χ0n) is 17.3. The van der Waals surface area contributed by atoms with Gasteiger partial charge in [0.25, 0.3) is 15.9 Å². The normalized spacial score (nSPS) is 12.1. The van der Waals surface area contributed by atoms with Crippen LogP contribution in [-0.4, -0.2) is 39.1 Å². The molecule has 0 radical (unpaired) electrons. The first-order valence-electron chi connectivity index (χ1n) is 9.42. The third-order valence-electron chi connectivity index (χ3n) is 4.46. The number of nitrogens with zero attached hydrogens (tertiary/aromatic N) is 5. The predicted octanol–water partition coefficient (Wildman–Crippen LogP) is 4.21. The van der Waals surface area contributed by atoms with E-state index in [0.29, 0.717) is 4.52 Å². The summed E-state index contributed by atoms with van der Waals surface area (Å²) in [5, 5.41) is 12.9. The number of aryl methyl sites for hydroxylation is 1. The maximum atomic E-state index is 13.4. The summed E-state index contributed by atoms with van der Waals surface area (Å²) in [6.07, 6.45) is -4.76. The van der Waals surface area contributed by atoms with E-state index in [1.54, 1.807) is 0 Å². The number of nitrogens with one attached hydrogen (secondary N) is 2. The lowest BCUT2D eigenvalue weighted by molar-refractivity contribution is -0.142. The molecule has 0 fully saturated rings. The number of hydrogen-bond donors (Lipinski definition) is 2. The van der Waals surface area contributed by atoms with Crippen molar-refractivity contribution in [1.29, 1.82) is 0 Å². The van der Waals surface area contributed by atoms with Gasteiger partial charge in [-0.25, -0.2) is 17.9 Å². The molecule has 35 heavy (non-hydrogen) atoms. The number of hydrogen-bond acceptors (Lipinski definition) is 7. The molecule has 0 atom stereocenters. The molecular formula is C19H12Cl2F3N7O3S. The molecule has 3 aromatic heterocycles. The number of carbonyl (C=O) groups is 1. The summed E-state index contributed by atoms with van der Waals surface area (Å²) in [6, 6.07) is 8.38. The average molecular weight is 546 g/mol. The topological polar surface area (TPSA) is 131 Å². The molecule has 0 unspecified atom stereocenters. The molecule has 0 aliphatic rings. The maximum Gasteiger partial charge on any atom is 0.433 e. The average Bonchev–Trinajstić information content (AvgIpc) is 3.11. The minimum Gasteiger partial charge on any atom is -0.321 e. The smallest absolute Gasteiger partial charge is 0.321 e. The number of rotatable bonds is 5. The lowest BCUT2D eigenvalue weighted by Gasteiger charge is -2.09. The highest BCUT2D eigenvalue weighted by Gasteiger charge is 2.36. The van der Waals surface area contributed by atoms with Crippen LogP contribution in [0.3, 0.4) is 0 Å². The molecule has 0 saturated heterocycles. The number of halogens is 5. The van der Waals surface area contributed by atoms with Crippen LogP contribution in [-0.2, 0) is 16.2 Å². The highest BCUT2D eigenvalue weighted by Crippen LogP contribution is 2.32. The summed E-state index contributed by atoms with van der Waals surface area (Å²) in [4.78, 5) is 16.4. The Morgan fingerprint density at radius 3 is 2.34 bits per heavy atom. The van der Waals surface area contributed by atoms with Gasteiger partial charge < -0.3 is 5.32 Å². The van der Waals surface area contributed by atoms with Gasteiger partial charge in [-0.05, 0) is 49.4 Å². The zero-order chi connectivity index (χ0) is 25.5. The number of aromatic nitrogens is 5. The standard InChI is InChI=1S/C19H12Cl2F3N7O3S/c1-9-8-12(19(22,23)24)31-17(25-9)15(21)16(29-31)18(32)26-10-2-4-11(5-3-10)35(33,34)30-14-7-6-13(20)27-28-14/h2-8H,1H3,(H,26,32)(H,28,30). The van der Waals surface area contributed by atoms with E-state index in [4.69, 9.17) is 23.2 Å². The van der Waals surface area contributed by atoms with Crippen molar-refractivity contribution in [2.45, 2.75) is 18.0 Å². The molecule has 16 heteroatoms. The lowest BCUT2D eigenvalue weighted by atomic mass is 10.3. The number of sulfonamides is 1. The van der Waals surface area contributed by atoms with E-state index < -0.39 is 33.5 Å². The van der Waals surface area contributed by atoms with Crippen LogP contribution in [0.2, 0.25) is 10.2 Å². The quantitative estimate of drug-likeness (QED) is 0.384. The molecule has 3 heterocycles. The second-order valence-electron chi connectivity index (χ2n) is 7.00. The van der Waals surface area contributed by atoms with Gasteiger partial charge in [0.2, 0.25) is 0 Å². The Bertz CT molecular complexity index is 1540. The molecule has 2 N–H and O–H groups in total. The maximum absolute atomic E-state index is 13.4. The van der Waals surface area contributed by atoms with Gasteiger partial charge >= 0.3 is 6.18 Å². The van der Waals surface area contributed by atoms with Gasteiger partial charge in [0.05, 0.1) is 4.90 Å². The minimum atomic E-state index is -4.76. The fourth-order valence-electron chi connectivity index (χ4n) is 2.93. The van der Waals surface area contributed by atoms with Crippen LogP contribution in [0.4, 0.5) is 24.7 Å². The van der Waals surface area contributed by atoms with Gasteiger partial charge in [0, 0.05) is 11.4 Å². The first-order chi connectivity index (χ1) is 16.3. The number of amides is 1. The Hall–Kier alpha value is -3.49. The molecule has 182 valence electrons. The second kappa shape index (κ2) is 8.94. The van der Waals surface area contributed by atoms with E-state index in [9.17, 15) is 26.4 Å². The van der Waals surface area contributed by atoms with Crippen LogP contribution >= 0.6 is 23.2 Å². The van der Waals surface area contributed by atoms with Gasteiger partial charge in [-0.2, -0.15) is 18.3 Å². The number of alkyl halides is 3. The monoisotopic (exact) mass is 545 g/mol. The summed E-state index contributed by atoms with van der Waals surface area (Å²) < 4.78 is 67.8. The lowest BCUT2D eigenvalue weighted by Crippen LogP contribution is -2.16. The van der Waals surface area contributed by atoms with Gasteiger partial charge in [0.1, 0.15) is 10.7 Å². The van der Waals surface area contributed by atoms with Crippen molar-refractivity contribution in [3.05, 3.63) is 69.7 Å². The molecule has 1 aromatic carbocycles. The van der Waals surface area contributed by atoms with Crippen molar-refractivity contribution >= 4 is 56.3 Å². The molecule has 10 nitrogen and oxygen atoms in total. The molecule has 1 amide bonds.